The maximum atomic E-state index is 11.8. The molecule has 0 radical (unpaired) electrons. The van der Waals surface area contributed by atoms with Crippen LogP contribution in [0.15, 0.2) is 24.3 Å². The fourth-order valence-electron chi connectivity index (χ4n) is 1.34. The Balaban J connectivity index is 2.79. The topological polar surface area (TPSA) is 81.4 Å². The summed E-state index contributed by atoms with van der Waals surface area (Å²) in [5, 5.41) is 2.72. The lowest BCUT2D eigenvalue weighted by Gasteiger charge is -2.15. The molecule has 3 N–H and O–H groups in total. The van der Waals surface area contributed by atoms with E-state index in [1.807, 2.05) is 0 Å². The van der Waals surface area contributed by atoms with Crippen LogP contribution in [-0.2, 0) is 9.53 Å². The number of carbonyl (C=O) groups is 2. The molecule has 0 heterocycles. The lowest BCUT2D eigenvalue weighted by atomic mass is 10.0. The molecular formula is C13H18N2O3. The summed E-state index contributed by atoms with van der Waals surface area (Å²) in [7, 11) is 1.31. The molecule has 1 aromatic rings. The highest BCUT2D eigenvalue weighted by Gasteiger charge is 2.17. The molecule has 1 rings (SSSR count). The van der Waals surface area contributed by atoms with Crippen molar-refractivity contribution >= 4 is 17.6 Å². The van der Waals surface area contributed by atoms with Crippen molar-refractivity contribution in [1.82, 2.24) is 0 Å². The van der Waals surface area contributed by atoms with E-state index in [0.717, 1.165) is 0 Å². The van der Waals surface area contributed by atoms with Crippen molar-refractivity contribution in [2.75, 3.05) is 12.4 Å². The normalized spacial score (nSPS) is 13.6. The minimum absolute atomic E-state index is 0.174. The molecule has 0 aliphatic heterocycles. The molecule has 0 saturated heterocycles. The Kier molecular flexibility index (Phi) is 4.85. The Morgan fingerprint density at radius 2 is 2.00 bits per heavy atom. The number of amides is 1. The molecule has 1 amide bonds. The quantitative estimate of drug-likeness (QED) is 0.791. The highest BCUT2D eigenvalue weighted by Crippen LogP contribution is 2.13. The minimum atomic E-state index is -0.439. The zero-order valence-electron chi connectivity index (χ0n) is 10.8. The van der Waals surface area contributed by atoms with Gasteiger partial charge in [-0.2, -0.15) is 0 Å². The van der Waals surface area contributed by atoms with E-state index in [1.165, 1.54) is 7.11 Å². The first-order valence-corrected chi connectivity index (χ1v) is 5.70. The zero-order valence-corrected chi connectivity index (χ0v) is 10.8. The van der Waals surface area contributed by atoms with Crippen LogP contribution in [0, 0.1) is 5.92 Å². The van der Waals surface area contributed by atoms with Crippen LogP contribution in [-0.4, -0.2) is 25.0 Å². The zero-order chi connectivity index (χ0) is 13.7. The highest BCUT2D eigenvalue weighted by molar-refractivity contribution is 5.95. The summed E-state index contributed by atoms with van der Waals surface area (Å²) in [5.41, 5.74) is 6.60. The van der Waals surface area contributed by atoms with E-state index in [2.05, 4.69) is 10.1 Å². The fraction of sp³-hybridized carbons (Fsp3) is 0.385. The number of ether oxygens (including phenoxy) is 1. The Hall–Kier alpha value is -1.88. The van der Waals surface area contributed by atoms with Crippen molar-refractivity contribution in [2.24, 2.45) is 11.7 Å². The Morgan fingerprint density at radius 3 is 2.56 bits per heavy atom. The number of hydrogen-bond donors (Lipinski definition) is 2. The Bertz CT molecular complexity index is 444. The molecule has 0 aliphatic carbocycles. The summed E-state index contributed by atoms with van der Waals surface area (Å²) in [6.07, 6.45) is 0. The van der Waals surface area contributed by atoms with E-state index in [1.54, 1.807) is 38.1 Å². The van der Waals surface area contributed by atoms with Crippen LogP contribution in [0.1, 0.15) is 24.2 Å². The van der Waals surface area contributed by atoms with Gasteiger partial charge in [0.25, 0.3) is 0 Å². The molecule has 98 valence electrons. The van der Waals surface area contributed by atoms with Gasteiger partial charge in [0.05, 0.1) is 18.6 Å². The third-order valence-electron chi connectivity index (χ3n) is 2.75. The molecule has 0 aliphatic rings. The molecule has 1 aromatic carbocycles. The van der Waals surface area contributed by atoms with Crippen LogP contribution in [0.4, 0.5) is 5.69 Å². The number of carbonyl (C=O) groups excluding carboxylic acids is 2. The monoisotopic (exact) mass is 250 g/mol. The smallest absolute Gasteiger partial charge is 0.337 e. The SMILES string of the molecule is COC(=O)c1cccc(NC(=O)C(C)C(C)N)c1. The van der Waals surface area contributed by atoms with Crippen molar-refractivity contribution in [1.29, 1.82) is 0 Å². The van der Waals surface area contributed by atoms with E-state index in [4.69, 9.17) is 5.73 Å². The number of hydrogen-bond acceptors (Lipinski definition) is 4. The summed E-state index contributed by atoms with van der Waals surface area (Å²) >= 11 is 0. The second-order valence-electron chi connectivity index (χ2n) is 4.21. The predicted octanol–water partition coefficient (Wildman–Crippen LogP) is 1.39. The number of nitrogens with two attached hydrogens (primary N) is 1. The van der Waals surface area contributed by atoms with Gasteiger partial charge in [0, 0.05) is 11.7 Å². The van der Waals surface area contributed by atoms with Gasteiger partial charge in [-0.1, -0.05) is 13.0 Å². The minimum Gasteiger partial charge on any atom is -0.465 e. The largest absolute Gasteiger partial charge is 0.465 e. The van der Waals surface area contributed by atoms with Crippen LogP contribution < -0.4 is 11.1 Å². The first-order chi connectivity index (χ1) is 8.45. The first-order valence-electron chi connectivity index (χ1n) is 5.70. The number of esters is 1. The molecule has 0 saturated carbocycles. The van der Waals surface area contributed by atoms with Crippen molar-refractivity contribution in [3.8, 4) is 0 Å². The molecule has 2 unspecified atom stereocenters. The van der Waals surface area contributed by atoms with Gasteiger partial charge < -0.3 is 15.8 Å². The van der Waals surface area contributed by atoms with E-state index in [9.17, 15) is 9.59 Å². The van der Waals surface area contributed by atoms with Gasteiger partial charge in [-0.15, -0.1) is 0 Å². The molecule has 0 fully saturated rings. The second-order valence-corrected chi connectivity index (χ2v) is 4.21. The van der Waals surface area contributed by atoms with Crippen molar-refractivity contribution in [2.45, 2.75) is 19.9 Å². The van der Waals surface area contributed by atoms with Gasteiger partial charge in [-0.25, -0.2) is 4.79 Å². The highest BCUT2D eigenvalue weighted by atomic mass is 16.5. The van der Waals surface area contributed by atoms with Gasteiger partial charge in [-0.05, 0) is 25.1 Å². The number of benzene rings is 1. The summed E-state index contributed by atoms with van der Waals surface area (Å²) in [5.74, 6) is -0.912. The summed E-state index contributed by atoms with van der Waals surface area (Å²) in [6, 6.07) is 6.35. The van der Waals surface area contributed by atoms with E-state index < -0.39 is 5.97 Å². The number of rotatable bonds is 4. The molecule has 18 heavy (non-hydrogen) atoms. The molecule has 0 aromatic heterocycles. The fourth-order valence-corrected chi connectivity index (χ4v) is 1.34. The van der Waals surface area contributed by atoms with Crippen LogP contribution in [0.3, 0.4) is 0 Å². The molecule has 5 nitrogen and oxygen atoms in total. The summed E-state index contributed by atoms with van der Waals surface area (Å²) in [4.78, 5) is 23.1. The second kappa shape index (κ2) is 6.16. The number of anilines is 1. The van der Waals surface area contributed by atoms with Gasteiger partial charge in [0.2, 0.25) is 5.91 Å². The maximum absolute atomic E-state index is 11.8. The van der Waals surface area contributed by atoms with Gasteiger partial charge in [0.15, 0.2) is 0 Å². The third kappa shape index (κ3) is 3.56. The van der Waals surface area contributed by atoms with Gasteiger partial charge in [0.1, 0.15) is 0 Å². The van der Waals surface area contributed by atoms with Crippen LogP contribution in [0.25, 0.3) is 0 Å². The third-order valence-corrected chi connectivity index (χ3v) is 2.75. The Labute approximate surface area is 106 Å². The standard InChI is InChI=1S/C13H18N2O3/c1-8(9(2)14)12(16)15-11-6-4-5-10(7-11)13(17)18-3/h4-9H,14H2,1-3H3,(H,15,16). The average molecular weight is 250 g/mol. The summed E-state index contributed by atoms with van der Waals surface area (Å²) < 4.78 is 4.61. The summed E-state index contributed by atoms with van der Waals surface area (Å²) in [6.45, 7) is 3.53. The number of nitrogens with one attached hydrogen (secondary N) is 1. The molecule has 2 atom stereocenters. The molecule has 5 heteroatoms. The predicted molar refractivity (Wildman–Crippen MR) is 69.2 cm³/mol. The molecular weight excluding hydrogens is 232 g/mol. The maximum Gasteiger partial charge on any atom is 0.337 e. The van der Waals surface area contributed by atoms with Crippen LogP contribution in [0.2, 0.25) is 0 Å². The average Bonchev–Trinajstić information content (AvgIpc) is 2.36. The van der Waals surface area contributed by atoms with Crippen molar-refractivity contribution in [3.05, 3.63) is 29.8 Å². The van der Waals surface area contributed by atoms with Crippen molar-refractivity contribution < 1.29 is 14.3 Å². The first kappa shape index (κ1) is 14.2. The Morgan fingerprint density at radius 1 is 1.33 bits per heavy atom. The number of methoxy groups -OCH3 is 1. The molecule has 0 bridgehead atoms. The van der Waals surface area contributed by atoms with E-state index in [-0.39, 0.29) is 17.9 Å². The van der Waals surface area contributed by atoms with Gasteiger partial charge >= 0.3 is 5.97 Å². The lowest BCUT2D eigenvalue weighted by molar-refractivity contribution is -0.119. The van der Waals surface area contributed by atoms with Crippen LogP contribution in [0.5, 0.6) is 0 Å². The van der Waals surface area contributed by atoms with Gasteiger partial charge in [-0.3, -0.25) is 4.79 Å². The molecule has 0 spiro atoms. The van der Waals surface area contributed by atoms with E-state index >= 15 is 0 Å². The van der Waals surface area contributed by atoms with Crippen LogP contribution >= 0.6 is 0 Å². The van der Waals surface area contributed by atoms with Crippen molar-refractivity contribution in [3.63, 3.8) is 0 Å². The van der Waals surface area contributed by atoms with E-state index in [0.29, 0.717) is 11.3 Å². The lowest BCUT2D eigenvalue weighted by Crippen LogP contribution is -2.34.